The third kappa shape index (κ3) is 4.79. The van der Waals surface area contributed by atoms with E-state index in [0.717, 1.165) is 17.1 Å². The molecule has 4 rings (SSSR count). The zero-order valence-corrected chi connectivity index (χ0v) is 20.9. The number of benzene rings is 3. The third-order valence-electron chi connectivity index (χ3n) is 4.96. The van der Waals surface area contributed by atoms with E-state index >= 15 is 0 Å². The summed E-state index contributed by atoms with van der Waals surface area (Å²) < 4.78 is 46.3. The smallest absolute Gasteiger partial charge is 0.261 e. The lowest BCUT2D eigenvalue weighted by Gasteiger charge is -2.18. The van der Waals surface area contributed by atoms with E-state index < -0.39 is 19.7 Å². The zero-order chi connectivity index (χ0) is 24.0. The van der Waals surface area contributed by atoms with Gasteiger partial charge in [-0.15, -0.1) is 0 Å². The van der Waals surface area contributed by atoms with E-state index in [9.17, 15) is 17.4 Å². The number of aryl methyl sites for hydroxylation is 2. The van der Waals surface area contributed by atoms with E-state index in [0.29, 0.717) is 15.8 Å². The number of fused-ring (bicyclic) bond motifs is 1. The van der Waals surface area contributed by atoms with Crippen molar-refractivity contribution < 1.29 is 12.6 Å². The second-order valence-corrected chi connectivity index (χ2v) is 12.7. The Bertz CT molecular complexity index is 1640. The number of rotatable bonds is 6. The number of anilines is 2. The van der Waals surface area contributed by atoms with E-state index in [4.69, 9.17) is 11.6 Å². The van der Waals surface area contributed by atoms with Gasteiger partial charge in [-0.2, -0.15) is 0 Å². The van der Waals surface area contributed by atoms with Gasteiger partial charge in [-0.3, -0.25) is 13.5 Å². The van der Waals surface area contributed by atoms with Crippen molar-refractivity contribution >= 4 is 71.0 Å². The highest BCUT2D eigenvalue weighted by molar-refractivity contribution is 8.01. The Morgan fingerprint density at radius 3 is 2.27 bits per heavy atom. The second-order valence-electron chi connectivity index (χ2n) is 7.44. The number of halogens is 1. The van der Waals surface area contributed by atoms with E-state index in [1.165, 1.54) is 24.3 Å². The Balaban J connectivity index is 1.71. The minimum atomic E-state index is -4.08. The standard InChI is InChI=1S/C22H20ClN3O4S3/c1-14-4-7-16(8-5-14)32(3,28)24-19-10-6-15(23)12-20(19)25-33(29,30)17-9-11-21-18(13-17)22(27)31-26(21)2/h4-13,25H,3H2,1-2H3,(H,24,28). The summed E-state index contributed by atoms with van der Waals surface area (Å²) in [6.45, 7) is 1.91. The molecule has 0 radical (unpaired) electrons. The van der Waals surface area contributed by atoms with Crippen LogP contribution in [0.15, 0.2) is 75.2 Å². The highest BCUT2D eigenvalue weighted by Crippen LogP contribution is 2.30. The summed E-state index contributed by atoms with van der Waals surface area (Å²) in [5, 5.41) is 0.598. The number of hydrogen-bond donors (Lipinski definition) is 2. The molecular weight excluding hydrogens is 502 g/mol. The van der Waals surface area contributed by atoms with Gasteiger partial charge in [-0.25, -0.2) is 12.6 Å². The van der Waals surface area contributed by atoms with Crippen molar-refractivity contribution in [3.05, 3.63) is 80.8 Å². The number of hydrogen-bond acceptors (Lipinski definition) is 5. The second kappa shape index (κ2) is 8.53. The molecule has 0 saturated carbocycles. The van der Waals surface area contributed by atoms with Gasteiger partial charge in [0.15, 0.2) is 0 Å². The molecule has 0 spiro atoms. The van der Waals surface area contributed by atoms with Gasteiger partial charge in [-0.1, -0.05) is 29.3 Å². The van der Waals surface area contributed by atoms with Gasteiger partial charge < -0.3 is 4.72 Å². The molecule has 0 amide bonds. The predicted octanol–water partition coefficient (Wildman–Crippen LogP) is 4.47. The Labute approximate surface area is 201 Å². The summed E-state index contributed by atoms with van der Waals surface area (Å²) in [5.74, 6) is 3.80. The van der Waals surface area contributed by atoms with Crippen LogP contribution in [0.3, 0.4) is 0 Å². The fraction of sp³-hybridized carbons (Fsp3) is 0.0909. The van der Waals surface area contributed by atoms with Crippen LogP contribution in [-0.2, 0) is 26.8 Å². The Morgan fingerprint density at radius 1 is 0.909 bits per heavy atom. The molecule has 0 saturated heterocycles. The molecular formula is C22H20ClN3O4S3. The van der Waals surface area contributed by atoms with Crippen LogP contribution in [0, 0.1) is 6.92 Å². The Kier molecular flexibility index (Phi) is 6.04. The summed E-state index contributed by atoms with van der Waals surface area (Å²) in [6.07, 6.45) is 0. The van der Waals surface area contributed by atoms with Gasteiger partial charge >= 0.3 is 0 Å². The van der Waals surface area contributed by atoms with Gasteiger partial charge in [0.2, 0.25) is 0 Å². The Hall–Kier alpha value is -2.79. The lowest BCUT2D eigenvalue weighted by molar-refractivity contribution is 0.601. The number of nitrogens with one attached hydrogen (secondary N) is 2. The van der Waals surface area contributed by atoms with Gasteiger partial charge in [0.25, 0.3) is 14.8 Å². The third-order valence-corrected chi connectivity index (χ3v) is 9.00. The summed E-state index contributed by atoms with van der Waals surface area (Å²) in [6, 6.07) is 15.9. The van der Waals surface area contributed by atoms with Gasteiger partial charge in [0, 0.05) is 17.0 Å². The molecule has 1 aromatic heterocycles. The minimum Gasteiger partial charge on any atom is -0.307 e. The molecule has 7 nitrogen and oxygen atoms in total. The van der Waals surface area contributed by atoms with Gasteiger partial charge in [-0.05, 0) is 72.9 Å². The molecule has 172 valence electrons. The van der Waals surface area contributed by atoms with Crippen LogP contribution in [0.25, 0.3) is 10.9 Å². The lowest BCUT2D eigenvalue weighted by Crippen LogP contribution is -2.17. The van der Waals surface area contributed by atoms with Crippen molar-refractivity contribution in [2.24, 2.45) is 7.05 Å². The van der Waals surface area contributed by atoms with Gasteiger partial charge in [0.1, 0.15) is 0 Å². The van der Waals surface area contributed by atoms with E-state index in [1.54, 1.807) is 35.3 Å². The molecule has 3 aromatic carbocycles. The normalized spacial score (nSPS) is 13.5. The highest BCUT2D eigenvalue weighted by Gasteiger charge is 2.20. The molecule has 0 aliphatic heterocycles. The average molecular weight is 522 g/mol. The minimum absolute atomic E-state index is 0.0784. The molecule has 0 fully saturated rings. The fourth-order valence-corrected chi connectivity index (χ4v) is 6.49. The average Bonchev–Trinajstić information content (AvgIpc) is 3.03. The molecule has 2 N–H and O–H groups in total. The van der Waals surface area contributed by atoms with Crippen LogP contribution < -0.4 is 14.2 Å². The number of nitrogens with zero attached hydrogens (tertiary/aromatic N) is 1. The Morgan fingerprint density at radius 2 is 1.58 bits per heavy atom. The van der Waals surface area contributed by atoms with Crippen molar-refractivity contribution in [2.45, 2.75) is 16.7 Å². The summed E-state index contributed by atoms with van der Waals surface area (Å²) in [7, 11) is -5.34. The van der Waals surface area contributed by atoms with Crippen molar-refractivity contribution in [2.75, 3.05) is 9.44 Å². The topological polar surface area (TPSA) is 97.3 Å². The van der Waals surface area contributed by atoms with Crippen LogP contribution in [0.1, 0.15) is 5.56 Å². The first-order valence-electron chi connectivity index (χ1n) is 9.60. The van der Waals surface area contributed by atoms with Crippen LogP contribution in [-0.4, -0.2) is 22.5 Å². The molecule has 1 atom stereocenters. The fourth-order valence-electron chi connectivity index (χ4n) is 3.23. The lowest BCUT2D eigenvalue weighted by atomic mass is 10.2. The molecule has 33 heavy (non-hydrogen) atoms. The number of sulfonamides is 1. The van der Waals surface area contributed by atoms with Gasteiger partial charge in [0.05, 0.1) is 36.9 Å². The van der Waals surface area contributed by atoms with E-state index in [1.807, 2.05) is 19.1 Å². The van der Waals surface area contributed by atoms with Crippen LogP contribution in [0.2, 0.25) is 5.02 Å². The summed E-state index contributed by atoms with van der Waals surface area (Å²) >= 11 is 7.10. The van der Waals surface area contributed by atoms with Crippen molar-refractivity contribution in [3.63, 3.8) is 0 Å². The molecule has 1 heterocycles. The van der Waals surface area contributed by atoms with Crippen molar-refractivity contribution in [1.82, 2.24) is 3.96 Å². The van der Waals surface area contributed by atoms with E-state index in [-0.39, 0.29) is 26.0 Å². The monoisotopic (exact) mass is 521 g/mol. The maximum atomic E-state index is 13.3. The largest absolute Gasteiger partial charge is 0.307 e. The quantitative estimate of drug-likeness (QED) is 0.366. The maximum Gasteiger partial charge on any atom is 0.261 e. The summed E-state index contributed by atoms with van der Waals surface area (Å²) in [5.41, 5.74) is 2.00. The first kappa shape index (κ1) is 23.4. The number of aromatic nitrogens is 1. The first-order valence-corrected chi connectivity index (χ1v) is 14.0. The first-order chi connectivity index (χ1) is 15.5. The maximum absolute atomic E-state index is 13.3. The van der Waals surface area contributed by atoms with Crippen LogP contribution >= 0.6 is 23.1 Å². The molecule has 0 aliphatic carbocycles. The SMILES string of the molecule is C=S(=O)(Nc1ccc(Cl)cc1NS(=O)(=O)c1ccc2c(c1)c(=O)sn2C)c1ccc(C)cc1. The van der Waals surface area contributed by atoms with E-state index in [2.05, 4.69) is 15.3 Å². The molecule has 11 heteroatoms. The van der Waals surface area contributed by atoms with Crippen molar-refractivity contribution in [1.29, 1.82) is 0 Å². The van der Waals surface area contributed by atoms with Crippen LogP contribution in [0.5, 0.6) is 0 Å². The summed E-state index contributed by atoms with van der Waals surface area (Å²) in [4.78, 5) is 12.6. The highest BCUT2D eigenvalue weighted by atomic mass is 35.5. The zero-order valence-electron chi connectivity index (χ0n) is 17.7. The predicted molar refractivity (Wildman–Crippen MR) is 138 cm³/mol. The molecule has 0 bridgehead atoms. The molecule has 0 aliphatic rings. The van der Waals surface area contributed by atoms with Crippen LogP contribution in [0.4, 0.5) is 11.4 Å². The molecule has 1 unspecified atom stereocenters. The molecule has 4 aromatic rings. The van der Waals surface area contributed by atoms with Crippen molar-refractivity contribution in [3.8, 4) is 0 Å².